The van der Waals surface area contributed by atoms with Crippen LogP contribution < -0.4 is 14.8 Å². The van der Waals surface area contributed by atoms with Crippen molar-refractivity contribution in [1.29, 1.82) is 0 Å². The van der Waals surface area contributed by atoms with Gasteiger partial charge in [-0.2, -0.15) is 0 Å². The minimum Gasteiger partial charge on any atom is -0.456 e. The van der Waals surface area contributed by atoms with Crippen LogP contribution in [0.3, 0.4) is 0 Å². The zero-order chi connectivity index (χ0) is 22.6. The van der Waals surface area contributed by atoms with Crippen molar-refractivity contribution in [2.24, 2.45) is 0 Å². The monoisotopic (exact) mass is 466 g/mol. The van der Waals surface area contributed by atoms with E-state index < -0.39 is 10.0 Å². The van der Waals surface area contributed by atoms with E-state index in [2.05, 4.69) is 20.0 Å². The molecule has 4 aromatic rings. The van der Waals surface area contributed by atoms with Crippen molar-refractivity contribution in [3.05, 3.63) is 84.0 Å². The molecule has 0 atom stereocenters. The van der Waals surface area contributed by atoms with Crippen molar-refractivity contribution >= 4 is 38.1 Å². The van der Waals surface area contributed by atoms with Crippen LogP contribution in [0.5, 0.6) is 11.5 Å². The Morgan fingerprint density at radius 3 is 2.41 bits per heavy atom. The number of hydrogen-bond donors (Lipinski definition) is 2. The summed E-state index contributed by atoms with van der Waals surface area (Å²) < 4.78 is 30.7. The van der Waals surface area contributed by atoms with Crippen molar-refractivity contribution < 1.29 is 17.9 Å². The van der Waals surface area contributed by atoms with E-state index in [0.717, 1.165) is 11.8 Å². The van der Waals surface area contributed by atoms with E-state index in [9.17, 15) is 13.2 Å². The van der Waals surface area contributed by atoms with Crippen LogP contribution in [-0.2, 0) is 10.0 Å². The molecule has 10 heteroatoms. The lowest BCUT2D eigenvalue weighted by Gasteiger charge is -2.06. The summed E-state index contributed by atoms with van der Waals surface area (Å²) in [7, 11) is -3.33. The van der Waals surface area contributed by atoms with E-state index in [4.69, 9.17) is 4.74 Å². The molecule has 0 saturated carbocycles. The minimum atomic E-state index is -3.33. The standard InChI is InChI=1S/C22H18N4O4S2/c1-32(28,29)26-17-8-4-15(5-9-17)20-14-31-22(24-20)25-21(27)16-6-10-18(11-7-16)30-19-3-2-12-23-13-19/h2-14,26H,1H3,(H,24,25,27). The summed E-state index contributed by atoms with van der Waals surface area (Å²) in [5.74, 6) is 0.923. The molecule has 0 aliphatic carbocycles. The van der Waals surface area contributed by atoms with Crippen molar-refractivity contribution in [2.75, 3.05) is 16.3 Å². The molecule has 1 amide bonds. The van der Waals surface area contributed by atoms with E-state index in [-0.39, 0.29) is 5.91 Å². The second-order valence-electron chi connectivity index (χ2n) is 6.76. The first-order chi connectivity index (χ1) is 15.4. The number of pyridine rings is 1. The fourth-order valence-corrected chi connectivity index (χ4v) is 4.05. The summed E-state index contributed by atoms with van der Waals surface area (Å²) >= 11 is 1.30. The van der Waals surface area contributed by atoms with Crippen LogP contribution in [0.2, 0.25) is 0 Å². The van der Waals surface area contributed by atoms with Gasteiger partial charge in [0, 0.05) is 28.4 Å². The Morgan fingerprint density at radius 1 is 1.00 bits per heavy atom. The number of benzene rings is 2. The first kappa shape index (κ1) is 21.5. The highest BCUT2D eigenvalue weighted by molar-refractivity contribution is 7.92. The molecule has 0 aliphatic rings. The lowest BCUT2D eigenvalue weighted by molar-refractivity contribution is 0.102. The molecule has 2 aromatic heterocycles. The number of aromatic nitrogens is 2. The third-order valence-corrected chi connectivity index (χ3v) is 5.56. The zero-order valence-corrected chi connectivity index (χ0v) is 18.5. The van der Waals surface area contributed by atoms with E-state index >= 15 is 0 Å². The van der Waals surface area contributed by atoms with Gasteiger partial charge in [-0.05, 0) is 48.5 Å². The smallest absolute Gasteiger partial charge is 0.257 e. The summed E-state index contributed by atoms with van der Waals surface area (Å²) in [5.41, 5.74) is 2.42. The Morgan fingerprint density at radius 2 is 1.75 bits per heavy atom. The van der Waals surface area contributed by atoms with E-state index in [1.54, 1.807) is 73.1 Å². The first-order valence-corrected chi connectivity index (χ1v) is 12.2. The molecule has 8 nitrogen and oxygen atoms in total. The summed E-state index contributed by atoms with van der Waals surface area (Å²) in [6.45, 7) is 0. The molecule has 0 aliphatic heterocycles. The van der Waals surface area contributed by atoms with E-state index in [1.165, 1.54) is 11.3 Å². The number of thiazole rings is 1. The zero-order valence-electron chi connectivity index (χ0n) is 16.8. The number of hydrogen-bond acceptors (Lipinski definition) is 7. The minimum absolute atomic E-state index is 0.286. The summed E-state index contributed by atoms with van der Waals surface area (Å²) in [6, 6.07) is 17.2. The molecule has 4 rings (SSSR count). The predicted octanol–water partition coefficient (Wildman–Crippen LogP) is 4.62. The molecule has 2 aromatic carbocycles. The van der Waals surface area contributed by atoms with E-state index in [0.29, 0.717) is 33.6 Å². The molecule has 0 spiro atoms. The number of carbonyl (C=O) groups excluding carboxylic acids is 1. The molecule has 0 radical (unpaired) electrons. The van der Waals surface area contributed by atoms with Crippen molar-refractivity contribution in [2.45, 2.75) is 0 Å². The van der Waals surface area contributed by atoms with Gasteiger partial charge in [-0.1, -0.05) is 12.1 Å². The Balaban J connectivity index is 1.39. The maximum absolute atomic E-state index is 12.5. The molecule has 2 heterocycles. The lowest BCUT2D eigenvalue weighted by Crippen LogP contribution is -2.11. The molecular weight excluding hydrogens is 448 g/mol. The van der Waals surface area contributed by atoms with Gasteiger partial charge in [0.2, 0.25) is 10.0 Å². The van der Waals surface area contributed by atoms with Gasteiger partial charge in [-0.15, -0.1) is 11.3 Å². The molecule has 0 bridgehead atoms. The third-order valence-electron chi connectivity index (χ3n) is 4.20. The predicted molar refractivity (Wildman–Crippen MR) is 125 cm³/mol. The second kappa shape index (κ2) is 9.16. The average molecular weight is 467 g/mol. The van der Waals surface area contributed by atoms with Crippen LogP contribution in [0, 0.1) is 0 Å². The van der Waals surface area contributed by atoms with Crippen LogP contribution in [0.1, 0.15) is 10.4 Å². The maximum atomic E-state index is 12.5. The number of anilines is 2. The summed E-state index contributed by atoms with van der Waals surface area (Å²) in [4.78, 5) is 21.0. The van der Waals surface area contributed by atoms with Gasteiger partial charge < -0.3 is 4.74 Å². The molecule has 0 unspecified atom stereocenters. The van der Waals surface area contributed by atoms with Gasteiger partial charge in [0.05, 0.1) is 18.1 Å². The molecule has 2 N–H and O–H groups in total. The summed E-state index contributed by atoms with van der Waals surface area (Å²) in [5, 5.41) is 5.06. The number of amides is 1. The van der Waals surface area contributed by atoms with Gasteiger partial charge in [0.15, 0.2) is 5.13 Å². The van der Waals surface area contributed by atoms with Crippen LogP contribution in [-0.4, -0.2) is 30.5 Å². The lowest BCUT2D eigenvalue weighted by atomic mass is 10.1. The van der Waals surface area contributed by atoms with Crippen LogP contribution in [0.4, 0.5) is 10.8 Å². The number of sulfonamides is 1. The highest BCUT2D eigenvalue weighted by Gasteiger charge is 2.11. The van der Waals surface area contributed by atoms with Gasteiger partial charge in [0.1, 0.15) is 11.5 Å². The number of nitrogens with one attached hydrogen (secondary N) is 2. The fraction of sp³-hybridized carbons (Fsp3) is 0.0455. The normalized spacial score (nSPS) is 11.0. The molecule has 162 valence electrons. The van der Waals surface area contributed by atoms with Gasteiger partial charge in [-0.3, -0.25) is 19.8 Å². The highest BCUT2D eigenvalue weighted by Crippen LogP contribution is 2.27. The number of nitrogens with zero attached hydrogens (tertiary/aromatic N) is 2. The van der Waals surface area contributed by atoms with Gasteiger partial charge >= 0.3 is 0 Å². The molecule has 0 saturated heterocycles. The Kier molecular flexibility index (Phi) is 6.15. The Bertz CT molecular complexity index is 1320. The van der Waals surface area contributed by atoms with Crippen LogP contribution in [0.25, 0.3) is 11.3 Å². The maximum Gasteiger partial charge on any atom is 0.257 e. The van der Waals surface area contributed by atoms with Crippen molar-refractivity contribution in [3.63, 3.8) is 0 Å². The van der Waals surface area contributed by atoms with E-state index in [1.807, 2.05) is 5.38 Å². The second-order valence-corrected chi connectivity index (χ2v) is 9.37. The van der Waals surface area contributed by atoms with Crippen LogP contribution >= 0.6 is 11.3 Å². The fourth-order valence-electron chi connectivity index (χ4n) is 2.77. The third kappa shape index (κ3) is 5.68. The van der Waals surface area contributed by atoms with Crippen LogP contribution in [0.15, 0.2) is 78.4 Å². The van der Waals surface area contributed by atoms with Gasteiger partial charge in [0.25, 0.3) is 5.91 Å². The van der Waals surface area contributed by atoms with Gasteiger partial charge in [-0.25, -0.2) is 13.4 Å². The summed E-state index contributed by atoms with van der Waals surface area (Å²) in [6.07, 6.45) is 4.36. The van der Waals surface area contributed by atoms with Crippen molar-refractivity contribution in [3.8, 4) is 22.8 Å². The topological polar surface area (TPSA) is 110 Å². The highest BCUT2D eigenvalue weighted by atomic mass is 32.2. The number of rotatable bonds is 7. The SMILES string of the molecule is CS(=O)(=O)Nc1ccc(-c2csc(NC(=O)c3ccc(Oc4cccnc4)cc3)n2)cc1. The quantitative estimate of drug-likeness (QED) is 0.411. The molecule has 32 heavy (non-hydrogen) atoms. The number of ether oxygens (including phenoxy) is 1. The number of carbonyl (C=O) groups is 1. The average Bonchev–Trinajstić information content (AvgIpc) is 3.23. The Hall–Kier alpha value is -3.76. The first-order valence-electron chi connectivity index (χ1n) is 9.39. The molecule has 0 fully saturated rings. The largest absolute Gasteiger partial charge is 0.456 e. The molecular formula is C22H18N4O4S2. The Labute approximate surface area is 189 Å². The van der Waals surface area contributed by atoms with Crippen molar-refractivity contribution in [1.82, 2.24) is 9.97 Å².